The molecular weight excluding hydrogens is 334 g/mol. The number of carbonyl (C=O) groups excluding carboxylic acids is 1. The minimum absolute atomic E-state index is 0.110. The molecule has 0 bridgehead atoms. The van der Waals surface area contributed by atoms with Crippen molar-refractivity contribution < 1.29 is 9.53 Å². The zero-order valence-electron chi connectivity index (χ0n) is 14.2. The maximum absolute atomic E-state index is 12.8. The van der Waals surface area contributed by atoms with Crippen LogP contribution in [-0.2, 0) is 13.1 Å². The molecule has 3 aromatic rings. The van der Waals surface area contributed by atoms with E-state index in [1.54, 1.807) is 65.4 Å². The van der Waals surface area contributed by atoms with Gasteiger partial charge >= 0.3 is 5.69 Å². The molecule has 1 aliphatic heterocycles. The first-order valence-corrected chi connectivity index (χ1v) is 8.20. The molecule has 0 radical (unpaired) electrons. The minimum Gasteiger partial charge on any atom is -0.497 e. The third kappa shape index (κ3) is 2.75. The molecule has 132 valence electrons. The van der Waals surface area contributed by atoms with Gasteiger partial charge in [0.2, 0.25) is 0 Å². The van der Waals surface area contributed by atoms with E-state index in [1.165, 1.54) is 4.68 Å². The van der Waals surface area contributed by atoms with Crippen LogP contribution in [0.3, 0.4) is 0 Å². The van der Waals surface area contributed by atoms with Crippen LogP contribution in [0, 0.1) is 0 Å². The van der Waals surface area contributed by atoms with Crippen molar-refractivity contribution >= 4 is 5.91 Å². The van der Waals surface area contributed by atoms with E-state index < -0.39 is 0 Å². The lowest BCUT2D eigenvalue weighted by atomic mass is 10.1. The zero-order valence-corrected chi connectivity index (χ0v) is 14.2. The van der Waals surface area contributed by atoms with Crippen molar-refractivity contribution in [2.45, 2.75) is 13.1 Å². The highest BCUT2D eigenvalue weighted by molar-refractivity contribution is 5.94. The van der Waals surface area contributed by atoms with Gasteiger partial charge < -0.3 is 9.64 Å². The number of hydrogen-bond acceptors (Lipinski definition) is 5. The summed E-state index contributed by atoms with van der Waals surface area (Å²) >= 11 is 0. The summed E-state index contributed by atoms with van der Waals surface area (Å²) in [5.41, 5.74) is 0.992. The van der Waals surface area contributed by atoms with Crippen LogP contribution in [0.15, 0.2) is 53.6 Å². The Balaban J connectivity index is 1.62. The van der Waals surface area contributed by atoms with Gasteiger partial charge in [0.15, 0.2) is 5.82 Å². The molecule has 1 aliphatic rings. The minimum atomic E-state index is -0.209. The second-order valence-corrected chi connectivity index (χ2v) is 5.93. The van der Waals surface area contributed by atoms with Gasteiger partial charge in [-0.05, 0) is 30.3 Å². The largest absolute Gasteiger partial charge is 0.497 e. The van der Waals surface area contributed by atoms with Crippen molar-refractivity contribution in [3.05, 3.63) is 70.7 Å². The summed E-state index contributed by atoms with van der Waals surface area (Å²) in [6.07, 6.45) is 3.22. The number of ether oxygens (including phenoxy) is 1. The molecule has 8 nitrogen and oxygen atoms in total. The smallest absolute Gasteiger partial charge is 0.350 e. The molecule has 0 saturated carbocycles. The number of fused-ring (bicyclic) bond motifs is 1. The molecule has 0 N–H and O–H groups in total. The van der Waals surface area contributed by atoms with Gasteiger partial charge in [0.1, 0.15) is 5.75 Å². The number of amides is 1. The van der Waals surface area contributed by atoms with E-state index in [1.807, 2.05) is 0 Å². The highest BCUT2D eigenvalue weighted by Gasteiger charge is 2.26. The number of rotatable bonds is 3. The summed E-state index contributed by atoms with van der Waals surface area (Å²) in [7, 11) is 1.56. The first-order chi connectivity index (χ1) is 12.7. The molecule has 2 aromatic heterocycles. The van der Waals surface area contributed by atoms with Gasteiger partial charge in [-0.15, -0.1) is 5.10 Å². The standard InChI is InChI=1S/C18H17N5O3/c1-26-15-4-2-3-13(11-15)17(24)21-9-10-22-16(12-21)20-23(18(22)25)14-5-7-19-8-6-14/h2-8,11H,9-10,12H2,1H3. The molecule has 1 aromatic carbocycles. The Labute approximate surface area is 149 Å². The van der Waals surface area contributed by atoms with E-state index >= 15 is 0 Å². The van der Waals surface area contributed by atoms with Crippen molar-refractivity contribution in [2.24, 2.45) is 0 Å². The van der Waals surface area contributed by atoms with Crippen LogP contribution in [-0.4, -0.2) is 43.8 Å². The summed E-state index contributed by atoms with van der Waals surface area (Å²) in [5.74, 6) is 1.09. The predicted octanol–water partition coefficient (Wildman–Crippen LogP) is 1.09. The van der Waals surface area contributed by atoms with Gasteiger partial charge in [0, 0.05) is 31.0 Å². The Kier molecular flexibility index (Phi) is 4.00. The van der Waals surface area contributed by atoms with Gasteiger partial charge in [0.25, 0.3) is 5.91 Å². The van der Waals surface area contributed by atoms with Gasteiger partial charge in [-0.3, -0.25) is 14.3 Å². The lowest BCUT2D eigenvalue weighted by molar-refractivity contribution is 0.0706. The third-order valence-electron chi connectivity index (χ3n) is 4.38. The lowest BCUT2D eigenvalue weighted by Gasteiger charge is -2.26. The number of aromatic nitrogens is 4. The summed E-state index contributed by atoms with van der Waals surface area (Å²) in [6.45, 7) is 1.14. The SMILES string of the molecule is COc1cccc(C(=O)N2CCn3c(nn(-c4ccncc4)c3=O)C2)c1. The van der Waals surface area contributed by atoms with Crippen LogP contribution >= 0.6 is 0 Å². The molecule has 0 fully saturated rings. The quantitative estimate of drug-likeness (QED) is 0.706. The zero-order chi connectivity index (χ0) is 18.1. The van der Waals surface area contributed by atoms with E-state index in [-0.39, 0.29) is 18.1 Å². The van der Waals surface area contributed by atoms with Gasteiger partial charge in [0.05, 0.1) is 19.3 Å². The molecule has 4 rings (SSSR count). The topological polar surface area (TPSA) is 82.2 Å². The number of carbonyl (C=O) groups is 1. The molecule has 1 amide bonds. The number of hydrogen-bond donors (Lipinski definition) is 0. The molecule has 0 unspecified atom stereocenters. The summed E-state index contributed by atoms with van der Waals surface area (Å²) in [5, 5.41) is 4.40. The van der Waals surface area contributed by atoms with Crippen molar-refractivity contribution in [1.82, 2.24) is 24.2 Å². The molecule has 26 heavy (non-hydrogen) atoms. The Bertz CT molecular complexity index is 1010. The number of methoxy groups -OCH3 is 1. The first kappa shape index (κ1) is 16.1. The molecule has 0 saturated heterocycles. The van der Waals surface area contributed by atoms with E-state index in [9.17, 15) is 9.59 Å². The molecule has 0 aliphatic carbocycles. The van der Waals surface area contributed by atoms with Crippen LogP contribution < -0.4 is 10.4 Å². The lowest BCUT2D eigenvalue weighted by Crippen LogP contribution is -2.40. The maximum Gasteiger partial charge on any atom is 0.350 e. The average molecular weight is 351 g/mol. The summed E-state index contributed by atoms with van der Waals surface area (Å²) in [6, 6.07) is 10.5. The van der Waals surface area contributed by atoms with Crippen molar-refractivity contribution in [1.29, 1.82) is 0 Å². The number of benzene rings is 1. The molecule has 8 heteroatoms. The number of pyridine rings is 1. The van der Waals surface area contributed by atoms with Gasteiger partial charge in [-0.25, -0.2) is 4.79 Å². The molecule has 0 atom stereocenters. The van der Waals surface area contributed by atoms with Crippen LogP contribution in [0.5, 0.6) is 5.75 Å². The average Bonchev–Trinajstić information content (AvgIpc) is 3.04. The van der Waals surface area contributed by atoms with Crippen LogP contribution in [0.25, 0.3) is 5.69 Å². The van der Waals surface area contributed by atoms with E-state index in [0.717, 1.165) is 0 Å². The van der Waals surface area contributed by atoms with E-state index in [4.69, 9.17) is 4.74 Å². The fraction of sp³-hybridized carbons (Fsp3) is 0.222. The highest BCUT2D eigenvalue weighted by Crippen LogP contribution is 2.17. The van der Waals surface area contributed by atoms with Crippen molar-refractivity contribution in [3.8, 4) is 11.4 Å². The van der Waals surface area contributed by atoms with Crippen LogP contribution in [0.2, 0.25) is 0 Å². The molecule has 3 heterocycles. The van der Waals surface area contributed by atoms with E-state index in [2.05, 4.69) is 10.1 Å². The second kappa shape index (κ2) is 6.47. The first-order valence-electron chi connectivity index (χ1n) is 8.20. The van der Waals surface area contributed by atoms with Crippen LogP contribution in [0.1, 0.15) is 16.2 Å². The normalized spacial score (nSPS) is 13.3. The summed E-state index contributed by atoms with van der Waals surface area (Å²) in [4.78, 5) is 31.0. The Morgan fingerprint density at radius 1 is 1.15 bits per heavy atom. The Morgan fingerprint density at radius 3 is 2.73 bits per heavy atom. The second-order valence-electron chi connectivity index (χ2n) is 5.93. The van der Waals surface area contributed by atoms with Gasteiger partial charge in [-0.1, -0.05) is 6.07 Å². The van der Waals surface area contributed by atoms with Crippen LogP contribution in [0.4, 0.5) is 0 Å². The molecular formula is C18H17N5O3. The number of nitrogens with zero attached hydrogens (tertiary/aromatic N) is 5. The maximum atomic E-state index is 12.8. The monoisotopic (exact) mass is 351 g/mol. The van der Waals surface area contributed by atoms with E-state index in [0.29, 0.717) is 35.9 Å². The predicted molar refractivity (Wildman–Crippen MR) is 93.4 cm³/mol. The van der Waals surface area contributed by atoms with Gasteiger partial charge in [-0.2, -0.15) is 4.68 Å². The highest BCUT2D eigenvalue weighted by atomic mass is 16.5. The third-order valence-corrected chi connectivity index (χ3v) is 4.38. The fourth-order valence-electron chi connectivity index (χ4n) is 3.01. The summed E-state index contributed by atoms with van der Waals surface area (Å²) < 4.78 is 8.13. The molecule has 0 spiro atoms. The Hall–Kier alpha value is -3.42. The van der Waals surface area contributed by atoms with Crippen molar-refractivity contribution in [2.75, 3.05) is 13.7 Å². The Morgan fingerprint density at radius 2 is 1.96 bits per heavy atom. The van der Waals surface area contributed by atoms with Crippen molar-refractivity contribution in [3.63, 3.8) is 0 Å². The fourth-order valence-corrected chi connectivity index (χ4v) is 3.01.